The van der Waals surface area contributed by atoms with Crippen LogP contribution in [0.1, 0.15) is 5.56 Å². The highest BCUT2D eigenvalue weighted by Crippen LogP contribution is 2.23. The lowest BCUT2D eigenvalue weighted by atomic mass is 10.1. The second-order valence-corrected chi connectivity index (χ2v) is 3.39. The van der Waals surface area contributed by atoms with Gasteiger partial charge in [0.1, 0.15) is 0 Å². The summed E-state index contributed by atoms with van der Waals surface area (Å²) in [6, 6.07) is 2.30. The van der Waals surface area contributed by atoms with Gasteiger partial charge in [0.05, 0.1) is 0 Å². The summed E-state index contributed by atoms with van der Waals surface area (Å²) < 4.78 is 31.7. The average Bonchev–Trinajstić information content (AvgIpc) is 2.28. The van der Waals surface area contributed by atoms with E-state index in [0.29, 0.717) is 18.5 Å². The van der Waals surface area contributed by atoms with Crippen molar-refractivity contribution in [3.8, 4) is 5.75 Å². The first-order valence-electron chi connectivity index (χ1n) is 5.09. The van der Waals surface area contributed by atoms with Crippen LogP contribution in [-0.4, -0.2) is 26.1 Å². The van der Waals surface area contributed by atoms with E-state index in [1.165, 1.54) is 7.05 Å². The largest absolute Gasteiger partial charge is 0.478 e. The summed E-state index contributed by atoms with van der Waals surface area (Å²) in [6.07, 6.45) is 0.379. The van der Waals surface area contributed by atoms with Crippen molar-refractivity contribution in [3.05, 3.63) is 29.3 Å². The van der Waals surface area contributed by atoms with E-state index in [4.69, 9.17) is 10.5 Å². The first-order valence-corrected chi connectivity index (χ1v) is 5.09. The van der Waals surface area contributed by atoms with Gasteiger partial charge in [-0.25, -0.2) is 8.78 Å². The molecule has 4 nitrogen and oxygen atoms in total. The van der Waals surface area contributed by atoms with Crippen molar-refractivity contribution >= 4 is 5.91 Å². The Bertz CT molecular complexity index is 387. The smallest absolute Gasteiger partial charge is 0.257 e. The Hall–Kier alpha value is -1.69. The number of rotatable bonds is 5. The molecular weight excluding hydrogens is 230 g/mol. The van der Waals surface area contributed by atoms with Gasteiger partial charge in [-0.05, 0) is 30.7 Å². The molecule has 1 rings (SSSR count). The fourth-order valence-corrected chi connectivity index (χ4v) is 1.27. The molecule has 0 unspecified atom stereocenters. The number of amides is 1. The van der Waals surface area contributed by atoms with E-state index < -0.39 is 29.9 Å². The monoisotopic (exact) mass is 244 g/mol. The number of carbonyl (C=O) groups excluding carboxylic acids is 1. The Labute approximate surface area is 97.8 Å². The predicted molar refractivity (Wildman–Crippen MR) is 58.7 cm³/mol. The Balaban J connectivity index is 2.82. The number of benzene rings is 1. The molecule has 0 aromatic heterocycles. The average molecular weight is 244 g/mol. The molecule has 94 valence electrons. The van der Waals surface area contributed by atoms with Crippen molar-refractivity contribution in [3.63, 3.8) is 0 Å². The first-order chi connectivity index (χ1) is 8.08. The summed E-state index contributed by atoms with van der Waals surface area (Å²) in [6.45, 7) is -0.127. The van der Waals surface area contributed by atoms with E-state index in [0.717, 1.165) is 12.1 Å². The van der Waals surface area contributed by atoms with Crippen LogP contribution in [0.2, 0.25) is 0 Å². The van der Waals surface area contributed by atoms with E-state index in [1.807, 2.05) is 0 Å². The van der Waals surface area contributed by atoms with Crippen LogP contribution < -0.4 is 15.8 Å². The van der Waals surface area contributed by atoms with Crippen molar-refractivity contribution in [2.24, 2.45) is 5.73 Å². The van der Waals surface area contributed by atoms with Gasteiger partial charge >= 0.3 is 0 Å². The Morgan fingerprint density at radius 2 is 2.00 bits per heavy atom. The SMILES string of the molecule is CNC(=O)COc1c(F)cc(CCN)cc1F. The van der Waals surface area contributed by atoms with Crippen LogP contribution in [0.25, 0.3) is 0 Å². The number of hydrogen-bond acceptors (Lipinski definition) is 3. The van der Waals surface area contributed by atoms with Gasteiger partial charge < -0.3 is 15.8 Å². The number of likely N-dealkylation sites (N-methyl/N-ethyl adjacent to an activating group) is 1. The van der Waals surface area contributed by atoms with Crippen LogP contribution >= 0.6 is 0 Å². The Morgan fingerprint density at radius 1 is 1.41 bits per heavy atom. The molecule has 0 heterocycles. The second kappa shape index (κ2) is 6.15. The summed E-state index contributed by atoms with van der Waals surface area (Å²) in [5.41, 5.74) is 5.74. The maximum Gasteiger partial charge on any atom is 0.257 e. The summed E-state index contributed by atoms with van der Waals surface area (Å²) in [5, 5.41) is 2.28. The quantitative estimate of drug-likeness (QED) is 0.796. The van der Waals surface area contributed by atoms with E-state index in [2.05, 4.69) is 5.32 Å². The molecule has 0 fully saturated rings. The molecule has 1 aromatic rings. The second-order valence-electron chi connectivity index (χ2n) is 3.39. The maximum atomic E-state index is 13.5. The van der Waals surface area contributed by atoms with Gasteiger partial charge in [-0.15, -0.1) is 0 Å². The third-order valence-electron chi connectivity index (χ3n) is 2.12. The molecule has 0 bridgehead atoms. The molecule has 0 atom stereocenters. The highest BCUT2D eigenvalue weighted by atomic mass is 19.1. The number of nitrogens with one attached hydrogen (secondary N) is 1. The van der Waals surface area contributed by atoms with Crippen molar-refractivity contribution in [2.75, 3.05) is 20.2 Å². The summed E-state index contributed by atoms with van der Waals surface area (Å²) >= 11 is 0. The van der Waals surface area contributed by atoms with E-state index in [1.54, 1.807) is 0 Å². The van der Waals surface area contributed by atoms with Gasteiger partial charge in [-0.2, -0.15) is 0 Å². The van der Waals surface area contributed by atoms with Crippen LogP contribution in [0.3, 0.4) is 0 Å². The number of hydrogen-bond donors (Lipinski definition) is 2. The minimum atomic E-state index is -0.836. The van der Waals surface area contributed by atoms with Gasteiger partial charge in [0.15, 0.2) is 24.0 Å². The Kier molecular flexibility index (Phi) is 4.84. The van der Waals surface area contributed by atoms with Gasteiger partial charge in [0.2, 0.25) is 0 Å². The van der Waals surface area contributed by atoms with Crippen molar-refractivity contribution in [1.82, 2.24) is 5.32 Å². The molecule has 0 aliphatic rings. The minimum Gasteiger partial charge on any atom is -0.478 e. The molecule has 1 aromatic carbocycles. The van der Waals surface area contributed by atoms with Crippen LogP contribution in [0.4, 0.5) is 8.78 Å². The van der Waals surface area contributed by atoms with Crippen LogP contribution in [0.5, 0.6) is 5.75 Å². The van der Waals surface area contributed by atoms with Crippen LogP contribution in [-0.2, 0) is 11.2 Å². The maximum absolute atomic E-state index is 13.5. The van der Waals surface area contributed by atoms with Crippen molar-refractivity contribution in [2.45, 2.75) is 6.42 Å². The van der Waals surface area contributed by atoms with E-state index in [9.17, 15) is 13.6 Å². The lowest BCUT2D eigenvalue weighted by Crippen LogP contribution is -2.25. The zero-order chi connectivity index (χ0) is 12.8. The molecule has 0 aliphatic heterocycles. The number of ether oxygens (including phenoxy) is 1. The highest BCUT2D eigenvalue weighted by Gasteiger charge is 2.13. The van der Waals surface area contributed by atoms with Gasteiger partial charge in [-0.1, -0.05) is 0 Å². The summed E-state index contributed by atoms with van der Waals surface area (Å²) in [4.78, 5) is 10.9. The van der Waals surface area contributed by atoms with Crippen LogP contribution in [0.15, 0.2) is 12.1 Å². The van der Waals surface area contributed by atoms with Gasteiger partial charge in [0.25, 0.3) is 5.91 Å². The fourth-order valence-electron chi connectivity index (χ4n) is 1.27. The third kappa shape index (κ3) is 3.67. The van der Waals surface area contributed by atoms with Crippen molar-refractivity contribution < 1.29 is 18.3 Å². The zero-order valence-corrected chi connectivity index (χ0v) is 9.43. The topological polar surface area (TPSA) is 64.3 Å². The van der Waals surface area contributed by atoms with Gasteiger partial charge in [-0.3, -0.25) is 4.79 Å². The lowest BCUT2D eigenvalue weighted by Gasteiger charge is -2.09. The van der Waals surface area contributed by atoms with E-state index in [-0.39, 0.29) is 0 Å². The molecule has 0 aliphatic carbocycles. The van der Waals surface area contributed by atoms with E-state index >= 15 is 0 Å². The minimum absolute atomic E-state index is 0.303. The number of halogens is 2. The molecule has 0 spiro atoms. The zero-order valence-electron chi connectivity index (χ0n) is 9.43. The standard InChI is InChI=1S/C11H14F2N2O2/c1-15-10(16)6-17-11-8(12)4-7(2-3-14)5-9(11)13/h4-5H,2-3,6,14H2,1H3,(H,15,16). The lowest BCUT2D eigenvalue weighted by molar-refractivity contribution is -0.122. The number of nitrogens with two attached hydrogens (primary N) is 1. The van der Waals surface area contributed by atoms with Crippen LogP contribution in [0, 0.1) is 11.6 Å². The molecule has 3 N–H and O–H groups in total. The Morgan fingerprint density at radius 3 is 2.47 bits per heavy atom. The third-order valence-corrected chi connectivity index (χ3v) is 2.12. The first kappa shape index (κ1) is 13.4. The normalized spacial score (nSPS) is 10.1. The summed E-state index contributed by atoms with van der Waals surface area (Å²) in [5.74, 6) is -2.68. The highest BCUT2D eigenvalue weighted by molar-refractivity contribution is 5.77. The molecule has 0 radical (unpaired) electrons. The predicted octanol–water partition coefficient (Wildman–Crippen LogP) is 0.591. The van der Waals surface area contributed by atoms with Gasteiger partial charge in [0, 0.05) is 7.05 Å². The summed E-state index contributed by atoms with van der Waals surface area (Å²) in [7, 11) is 1.41. The molecule has 1 amide bonds. The molecular formula is C11H14F2N2O2. The molecule has 6 heteroatoms. The fraction of sp³-hybridized carbons (Fsp3) is 0.364. The molecule has 0 saturated heterocycles. The van der Waals surface area contributed by atoms with Crippen molar-refractivity contribution in [1.29, 1.82) is 0 Å². The number of carbonyl (C=O) groups is 1. The molecule has 17 heavy (non-hydrogen) atoms. The molecule has 0 saturated carbocycles.